The third-order valence-electron chi connectivity index (χ3n) is 5.71. The molecule has 5 rings (SSSR count). The summed E-state index contributed by atoms with van der Waals surface area (Å²) in [5, 5.41) is 4.10. The molecule has 1 atom stereocenters. The Hall–Kier alpha value is -3.38. The minimum absolute atomic E-state index is 0.0239. The Morgan fingerprint density at radius 2 is 1.91 bits per heavy atom. The maximum absolute atomic E-state index is 13.2. The number of piperidine rings is 1. The van der Waals surface area contributed by atoms with Gasteiger partial charge in [0.2, 0.25) is 5.91 Å². The summed E-state index contributed by atoms with van der Waals surface area (Å²) in [6.45, 7) is 3.70. The van der Waals surface area contributed by atoms with Crippen LogP contribution in [0.4, 0.5) is 10.8 Å². The first-order chi connectivity index (χ1) is 15.7. The number of amides is 1. The minimum Gasteiger partial charge on any atom is -0.455 e. The summed E-state index contributed by atoms with van der Waals surface area (Å²) in [6.07, 6.45) is 1.84. The molecule has 0 radical (unpaired) electrons. The van der Waals surface area contributed by atoms with Gasteiger partial charge in [0, 0.05) is 13.1 Å². The molecule has 1 aromatic heterocycles. The van der Waals surface area contributed by atoms with E-state index in [4.69, 9.17) is 9.72 Å². The summed E-state index contributed by atoms with van der Waals surface area (Å²) in [5.74, 6) is 1.31. The molecule has 0 saturated carbocycles. The molecule has 1 amide bonds. The van der Waals surface area contributed by atoms with Crippen molar-refractivity contribution in [2.24, 2.45) is 5.92 Å². The van der Waals surface area contributed by atoms with Gasteiger partial charge in [-0.25, -0.2) is 4.98 Å². The number of rotatable bonds is 5. The van der Waals surface area contributed by atoms with Crippen LogP contribution in [0.2, 0.25) is 0 Å². The van der Waals surface area contributed by atoms with Crippen LogP contribution in [0.1, 0.15) is 18.4 Å². The van der Waals surface area contributed by atoms with Gasteiger partial charge >= 0.3 is 0 Å². The second kappa shape index (κ2) is 9.01. The van der Waals surface area contributed by atoms with Crippen LogP contribution in [0.3, 0.4) is 0 Å². The van der Waals surface area contributed by atoms with Gasteiger partial charge in [0.15, 0.2) is 10.9 Å². The maximum Gasteiger partial charge on any atom is 0.229 e. The fourth-order valence-electron chi connectivity index (χ4n) is 4.03. The molecular weight excluding hydrogens is 418 g/mol. The van der Waals surface area contributed by atoms with Crippen LogP contribution in [0.25, 0.3) is 10.2 Å². The van der Waals surface area contributed by atoms with Crippen LogP contribution in [0.5, 0.6) is 11.5 Å². The highest BCUT2D eigenvalue weighted by atomic mass is 32.1. The number of thiazole rings is 1. The van der Waals surface area contributed by atoms with E-state index in [9.17, 15) is 4.79 Å². The van der Waals surface area contributed by atoms with Crippen molar-refractivity contribution < 1.29 is 9.53 Å². The zero-order chi connectivity index (χ0) is 21.9. The van der Waals surface area contributed by atoms with Crippen LogP contribution >= 0.6 is 11.3 Å². The second-order valence-electron chi connectivity index (χ2n) is 8.15. The van der Waals surface area contributed by atoms with Gasteiger partial charge in [-0.05, 0) is 61.7 Å². The van der Waals surface area contributed by atoms with Crippen molar-refractivity contribution in [1.29, 1.82) is 0 Å². The van der Waals surface area contributed by atoms with Gasteiger partial charge in [-0.3, -0.25) is 4.79 Å². The second-order valence-corrected chi connectivity index (χ2v) is 9.16. The van der Waals surface area contributed by atoms with Crippen LogP contribution in [-0.4, -0.2) is 24.0 Å². The molecule has 1 saturated heterocycles. The topological polar surface area (TPSA) is 54.5 Å². The SMILES string of the molecule is Cc1ccc2nc(N3CCCC(C(=O)Nc4ccccc4Oc4ccccc4)C3)sc2c1. The lowest BCUT2D eigenvalue weighted by Crippen LogP contribution is -2.40. The normalized spacial score (nSPS) is 16.2. The third-order valence-corrected chi connectivity index (χ3v) is 6.79. The maximum atomic E-state index is 13.2. The minimum atomic E-state index is -0.0951. The number of hydrogen-bond acceptors (Lipinski definition) is 5. The van der Waals surface area contributed by atoms with Crippen molar-refractivity contribution in [3.05, 3.63) is 78.4 Å². The molecule has 5 nitrogen and oxygen atoms in total. The molecule has 1 fully saturated rings. The number of carbonyl (C=O) groups excluding carboxylic acids is 1. The molecule has 1 unspecified atom stereocenters. The Bertz CT molecular complexity index is 1240. The van der Waals surface area contributed by atoms with Crippen molar-refractivity contribution in [2.45, 2.75) is 19.8 Å². The quantitative estimate of drug-likeness (QED) is 0.396. The lowest BCUT2D eigenvalue weighted by atomic mass is 9.97. The van der Waals surface area contributed by atoms with E-state index in [0.717, 1.165) is 35.8 Å². The molecule has 1 aliphatic heterocycles. The molecule has 162 valence electrons. The van der Waals surface area contributed by atoms with Gasteiger partial charge in [-0.15, -0.1) is 0 Å². The Labute approximate surface area is 191 Å². The number of para-hydroxylation sites is 3. The Morgan fingerprint density at radius 1 is 1.09 bits per heavy atom. The smallest absolute Gasteiger partial charge is 0.229 e. The number of hydrogen-bond donors (Lipinski definition) is 1. The van der Waals surface area contributed by atoms with Crippen molar-refractivity contribution >= 4 is 38.3 Å². The van der Waals surface area contributed by atoms with Gasteiger partial charge in [0.25, 0.3) is 0 Å². The van der Waals surface area contributed by atoms with E-state index in [1.807, 2.05) is 54.6 Å². The van der Waals surface area contributed by atoms with Crippen molar-refractivity contribution in [3.63, 3.8) is 0 Å². The molecule has 1 aliphatic rings. The fraction of sp³-hybridized carbons (Fsp3) is 0.231. The molecule has 0 spiro atoms. The zero-order valence-corrected chi connectivity index (χ0v) is 18.8. The first kappa shape index (κ1) is 20.5. The van der Waals surface area contributed by atoms with Gasteiger partial charge in [0.1, 0.15) is 5.75 Å². The largest absolute Gasteiger partial charge is 0.455 e. The third kappa shape index (κ3) is 4.46. The highest BCUT2D eigenvalue weighted by Gasteiger charge is 2.28. The van der Waals surface area contributed by atoms with Crippen LogP contribution in [-0.2, 0) is 4.79 Å². The van der Waals surface area contributed by atoms with Crippen LogP contribution in [0.15, 0.2) is 72.8 Å². The molecule has 3 aromatic carbocycles. The number of nitrogens with one attached hydrogen (secondary N) is 1. The van der Waals surface area contributed by atoms with E-state index in [-0.39, 0.29) is 11.8 Å². The van der Waals surface area contributed by atoms with Crippen molar-refractivity contribution in [3.8, 4) is 11.5 Å². The molecular formula is C26H25N3O2S. The van der Waals surface area contributed by atoms with Crippen LogP contribution < -0.4 is 15.0 Å². The lowest BCUT2D eigenvalue weighted by Gasteiger charge is -2.31. The summed E-state index contributed by atoms with van der Waals surface area (Å²) >= 11 is 1.70. The van der Waals surface area contributed by atoms with E-state index >= 15 is 0 Å². The molecule has 0 aliphatic carbocycles. The average Bonchev–Trinajstić information content (AvgIpc) is 3.24. The van der Waals surface area contributed by atoms with Gasteiger partial charge in [-0.1, -0.05) is 47.7 Å². The number of ether oxygens (including phenoxy) is 1. The Kier molecular flexibility index (Phi) is 5.77. The Balaban J connectivity index is 1.29. The summed E-state index contributed by atoms with van der Waals surface area (Å²) in [5.41, 5.74) is 2.95. The summed E-state index contributed by atoms with van der Waals surface area (Å²) < 4.78 is 7.19. The molecule has 0 bridgehead atoms. The van der Waals surface area contributed by atoms with Crippen molar-refractivity contribution in [2.75, 3.05) is 23.3 Å². The number of anilines is 2. The zero-order valence-electron chi connectivity index (χ0n) is 18.0. The fourth-order valence-corrected chi connectivity index (χ4v) is 5.13. The molecule has 32 heavy (non-hydrogen) atoms. The highest BCUT2D eigenvalue weighted by Crippen LogP contribution is 2.33. The first-order valence-electron chi connectivity index (χ1n) is 10.9. The molecule has 6 heteroatoms. The summed E-state index contributed by atoms with van der Waals surface area (Å²) in [4.78, 5) is 20.2. The van der Waals surface area contributed by atoms with E-state index < -0.39 is 0 Å². The van der Waals surface area contributed by atoms with Gasteiger partial charge < -0.3 is 15.0 Å². The predicted molar refractivity (Wildman–Crippen MR) is 131 cm³/mol. The monoisotopic (exact) mass is 443 g/mol. The summed E-state index contributed by atoms with van der Waals surface area (Å²) in [6, 6.07) is 23.5. The number of aromatic nitrogens is 1. The van der Waals surface area contributed by atoms with Crippen molar-refractivity contribution in [1.82, 2.24) is 4.98 Å². The van der Waals surface area contributed by atoms with E-state index in [0.29, 0.717) is 18.0 Å². The number of nitrogens with zero attached hydrogens (tertiary/aromatic N) is 2. The van der Waals surface area contributed by atoms with Gasteiger partial charge in [-0.2, -0.15) is 0 Å². The Morgan fingerprint density at radius 3 is 2.78 bits per heavy atom. The standard InChI is InChI=1S/C26H25N3O2S/c1-18-13-14-22-24(16-18)32-26(28-22)29-15-7-8-19(17-29)25(30)27-21-11-5-6-12-23(21)31-20-9-3-2-4-10-20/h2-6,9-14,16,19H,7-8,15,17H2,1H3,(H,27,30). The predicted octanol–water partition coefficient (Wildman–Crippen LogP) is 6.25. The number of aryl methyl sites for hydroxylation is 1. The van der Waals surface area contributed by atoms with Crippen LogP contribution in [0, 0.1) is 12.8 Å². The lowest BCUT2D eigenvalue weighted by molar-refractivity contribution is -0.120. The average molecular weight is 444 g/mol. The summed E-state index contributed by atoms with van der Waals surface area (Å²) in [7, 11) is 0. The number of fused-ring (bicyclic) bond motifs is 1. The highest BCUT2D eigenvalue weighted by molar-refractivity contribution is 7.22. The number of carbonyl (C=O) groups is 1. The van der Waals surface area contributed by atoms with E-state index in [2.05, 4.69) is 35.3 Å². The molecule has 2 heterocycles. The molecule has 1 N–H and O–H groups in total. The first-order valence-corrected chi connectivity index (χ1v) is 11.7. The van der Waals surface area contributed by atoms with E-state index in [1.165, 1.54) is 10.3 Å². The molecule has 4 aromatic rings. The van der Waals surface area contributed by atoms with Gasteiger partial charge in [0.05, 0.1) is 21.8 Å². The van der Waals surface area contributed by atoms with E-state index in [1.54, 1.807) is 11.3 Å². The number of benzene rings is 3.